The van der Waals surface area contributed by atoms with E-state index in [1.807, 2.05) is 19.2 Å². The minimum atomic E-state index is -0.722. The smallest absolute Gasteiger partial charge is 0.311 e. The summed E-state index contributed by atoms with van der Waals surface area (Å²) >= 11 is 0. The van der Waals surface area contributed by atoms with Crippen LogP contribution in [-0.2, 0) is 16.6 Å². The highest BCUT2D eigenvalue weighted by Crippen LogP contribution is 2.24. The largest absolute Gasteiger partial charge is 0.497 e. The molecule has 1 aromatic heterocycles. The maximum Gasteiger partial charge on any atom is 0.311 e. The van der Waals surface area contributed by atoms with Crippen molar-refractivity contribution in [2.24, 2.45) is 7.05 Å². The summed E-state index contributed by atoms with van der Waals surface area (Å²) in [6.07, 6.45) is 4.15. The molecule has 2 atom stereocenters. The SMILES string of the molecule is COc1cccc([C@@H](NC(=O)C(=O)N2CCC[C@@H](O)C2)c2nccn2C)c1. The number of ether oxygens (including phenoxy) is 1. The fraction of sp³-hybridized carbons (Fsp3) is 0.421. The summed E-state index contributed by atoms with van der Waals surface area (Å²) in [4.78, 5) is 30.9. The molecule has 0 radical (unpaired) electrons. The Kier molecular flexibility index (Phi) is 5.75. The first kappa shape index (κ1) is 18.9. The van der Waals surface area contributed by atoms with Gasteiger partial charge < -0.3 is 24.6 Å². The van der Waals surface area contributed by atoms with Gasteiger partial charge in [0.1, 0.15) is 17.6 Å². The zero-order chi connectivity index (χ0) is 19.4. The van der Waals surface area contributed by atoms with Gasteiger partial charge in [-0.05, 0) is 30.5 Å². The minimum Gasteiger partial charge on any atom is -0.497 e. The molecule has 0 bridgehead atoms. The number of hydrogen-bond acceptors (Lipinski definition) is 5. The number of amides is 2. The first-order valence-electron chi connectivity index (χ1n) is 8.88. The Morgan fingerprint density at radius 1 is 1.41 bits per heavy atom. The molecule has 3 rings (SSSR count). The number of aryl methyl sites for hydroxylation is 1. The number of benzene rings is 1. The molecule has 1 aromatic carbocycles. The highest BCUT2D eigenvalue weighted by Gasteiger charge is 2.30. The van der Waals surface area contributed by atoms with Gasteiger partial charge >= 0.3 is 11.8 Å². The van der Waals surface area contributed by atoms with Gasteiger partial charge in [0.25, 0.3) is 0 Å². The summed E-state index contributed by atoms with van der Waals surface area (Å²) in [5, 5.41) is 12.6. The van der Waals surface area contributed by atoms with Crippen LogP contribution in [0.3, 0.4) is 0 Å². The van der Waals surface area contributed by atoms with Crippen LogP contribution >= 0.6 is 0 Å². The molecular weight excluding hydrogens is 348 g/mol. The van der Waals surface area contributed by atoms with Crippen molar-refractivity contribution in [2.75, 3.05) is 20.2 Å². The van der Waals surface area contributed by atoms with Gasteiger partial charge in [0, 0.05) is 32.5 Å². The fourth-order valence-corrected chi connectivity index (χ4v) is 3.25. The molecule has 0 aliphatic carbocycles. The van der Waals surface area contributed by atoms with E-state index >= 15 is 0 Å². The summed E-state index contributed by atoms with van der Waals surface area (Å²) in [6, 6.07) is 6.66. The maximum atomic E-state index is 12.6. The summed E-state index contributed by atoms with van der Waals surface area (Å²) in [7, 11) is 3.39. The van der Waals surface area contributed by atoms with E-state index in [2.05, 4.69) is 10.3 Å². The first-order chi connectivity index (χ1) is 13.0. The second kappa shape index (κ2) is 8.22. The lowest BCUT2D eigenvalue weighted by atomic mass is 10.1. The second-order valence-corrected chi connectivity index (χ2v) is 6.63. The third-order valence-electron chi connectivity index (χ3n) is 4.70. The van der Waals surface area contributed by atoms with Crippen LogP contribution < -0.4 is 10.1 Å². The van der Waals surface area contributed by atoms with Crippen LogP contribution in [0.15, 0.2) is 36.7 Å². The highest BCUT2D eigenvalue weighted by molar-refractivity contribution is 6.35. The lowest BCUT2D eigenvalue weighted by Gasteiger charge is -2.30. The van der Waals surface area contributed by atoms with Crippen molar-refractivity contribution in [3.63, 3.8) is 0 Å². The molecule has 0 unspecified atom stereocenters. The number of piperidine rings is 1. The van der Waals surface area contributed by atoms with Gasteiger partial charge in [-0.1, -0.05) is 12.1 Å². The number of nitrogens with zero attached hydrogens (tertiary/aromatic N) is 3. The molecule has 1 fully saturated rings. The zero-order valence-corrected chi connectivity index (χ0v) is 15.5. The van der Waals surface area contributed by atoms with Gasteiger partial charge in [0.15, 0.2) is 0 Å². The highest BCUT2D eigenvalue weighted by atomic mass is 16.5. The van der Waals surface area contributed by atoms with Crippen LogP contribution in [-0.4, -0.2) is 57.7 Å². The molecule has 2 heterocycles. The predicted octanol–water partition coefficient (Wildman–Crippen LogP) is 0.618. The molecule has 8 heteroatoms. The lowest BCUT2D eigenvalue weighted by molar-refractivity contribution is -0.148. The first-order valence-corrected chi connectivity index (χ1v) is 8.88. The Labute approximate surface area is 157 Å². The van der Waals surface area contributed by atoms with Crippen molar-refractivity contribution >= 4 is 11.8 Å². The molecule has 27 heavy (non-hydrogen) atoms. The lowest BCUT2D eigenvalue weighted by Crippen LogP contribution is -2.49. The molecule has 2 aromatic rings. The van der Waals surface area contributed by atoms with Crippen molar-refractivity contribution in [1.82, 2.24) is 19.8 Å². The average molecular weight is 372 g/mol. The van der Waals surface area contributed by atoms with Crippen molar-refractivity contribution in [3.8, 4) is 5.75 Å². The molecule has 2 N–H and O–H groups in total. The van der Waals surface area contributed by atoms with Crippen LogP contribution in [0, 0.1) is 0 Å². The van der Waals surface area contributed by atoms with E-state index in [1.165, 1.54) is 4.90 Å². The predicted molar refractivity (Wildman–Crippen MR) is 98.0 cm³/mol. The van der Waals surface area contributed by atoms with Crippen LogP contribution in [0.1, 0.15) is 30.3 Å². The molecule has 1 saturated heterocycles. The van der Waals surface area contributed by atoms with Crippen molar-refractivity contribution < 1.29 is 19.4 Å². The number of imidazole rings is 1. The standard InChI is InChI=1S/C19H24N4O4/c1-22-10-8-20-17(22)16(13-5-3-7-15(11-13)27-2)21-18(25)19(26)23-9-4-6-14(24)12-23/h3,5,7-8,10-11,14,16,24H,4,6,9,12H2,1-2H3,(H,21,25)/t14-,16-/m1/s1. The normalized spacial score (nSPS) is 18.0. The third kappa shape index (κ3) is 4.28. The van der Waals surface area contributed by atoms with Gasteiger partial charge in [-0.25, -0.2) is 4.98 Å². The number of rotatable bonds is 4. The van der Waals surface area contributed by atoms with E-state index in [0.29, 0.717) is 31.0 Å². The average Bonchev–Trinajstić information content (AvgIpc) is 3.11. The van der Waals surface area contributed by atoms with Crippen molar-refractivity contribution in [3.05, 3.63) is 48.0 Å². The van der Waals surface area contributed by atoms with Gasteiger partial charge in [0.05, 0.1) is 13.2 Å². The Bertz CT molecular complexity index is 820. The summed E-state index contributed by atoms with van der Waals surface area (Å²) in [5.41, 5.74) is 0.753. The van der Waals surface area contributed by atoms with Gasteiger partial charge in [-0.3, -0.25) is 9.59 Å². The number of carbonyl (C=O) groups is 2. The van der Waals surface area contributed by atoms with E-state index in [4.69, 9.17) is 4.74 Å². The van der Waals surface area contributed by atoms with Crippen LogP contribution in [0.2, 0.25) is 0 Å². The number of hydrogen-bond donors (Lipinski definition) is 2. The number of carbonyl (C=O) groups excluding carboxylic acids is 2. The second-order valence-electron chi connectivity index (χ2n) is 6.63. The maximum absolute atomic E-state index is 12.6. The van der Waals surface area contributed by atoms with E-state index in [1.54, 1.807) is 36.2 Å². The van der Waals surface area contributed by atoms with E-state index in [0.717, 1.165) is 5.56 Å². The van der Waals surface area contributed by atoms with Gasteiger partial charge in [-0.2, -0.15) is 0 Å². The fourth-order valence-electron chi connectivity index (χ4n) is 3.25. The molecule has 0 spiro atoms. The number of methoxy groups -OCH3 is 1. The molecule has 1 aliphatic heterocycles. The molecule has 144 valence electrons. The van der Waals surface area contributed by atoms with Crippen LogP contribution in [0.4, 0.5) is 0 Å². The third-order valence-corrected chi connectivity index (χ3v) is 4.70. The quantitative estimate of drug-likeness (QED) is 0.767. The minimum absolute atomic E-state index is 0.179. The number of nitrogens with one attached hydrogen (secondary N) is 1. The van der Waals surface area contributed by atoms with Crippen molar-refractivity contribution in [2.45, 2.75) is 25.0 Å². The van der Waals surface area contributed by atoms with E-state index < -0.39 is 24.0 Å². The molecule has 1 aliphatic rings. The molecule has 0 saturated carbocycles. The number of likely N-dealkylation sites (tertiary alicyclic amines) is 1. The summed E-state index contributed by atoms with van der Waals surface area (Å²) in [5.74, 6) is -0.120. The van der Waals surface area contributed by atoms with E-state index in [9.17, 15) is 14.7 Å². The van der Waals surface area contributed by atoms with Crippen LogP contribution in [0.25, 0.3) is 0 Å². The van der Waals surface area contributed by atoms with Crippen molar-refractivity contribution in [1.29, 1.82) is 0 Å². The molecular formula is C19H24N4O4. The Morgan fingerprint density at radius 3 is 2.89 bits per heavy atom. The summed E-state index contributed by atoms with van der Waals surface area (Å²) in [6.45, 7) is 0.647. The molecule has 2 amide bonds. The number of β-amino-alcohol motifs (C(OH)–C–C–N with tert-alkyl or cyclic N) is 1. The van der Waals surface area contributed by atoms with Gasteiger partial charge in [-0.15, -0.1) is 0 Å². The Balaban J connectivity index is 1.84. The van der Waals surface area contributed by atoms with Gasteiger partial charge in [0.2, 0.25) is 0 Å². The summed E-state index contributed by atoms with van der Waals surface area (Å²) < 4.78 is 7.06. The number of aliphatic hydroxyl groups is 1. The van der Waals surface area contributed by atoms with Crippen LogP contribution in [0.5, 0.6) is 5.75 Å². The Hall–Kier alpha value is -2.87. The Morgan fingerprint density at radius 2 is 2.22 bits per heavy atom. The number of aliphatic hydroxyl groups excluding tert-OH is 1. The topological polar surface area (TPSA) is 96.7 Å². The molecule has 8 nitrogen and oxygen atoms in total. The zero-order valence-electron chi connectivity index (χ0n) is 15.5. The monoisotopic (exact) mass is 372 g/mol. The van der Waals surface area contributed by atoms with E-state index in [-0.39, 0.29) is 6.54 Å². The number of aromatic nitrogens is 2.